The molecule has 6 nitrogen and oxygen atoms in total. The van der Waals surface area contributed by atoms with Gasteiger partial charge in [-0.25, -0.2) is 13.2 Å². The van der Waals surface area contributed by atoms with E-state index in [1.54, 1.807) is 11.8 Å². The van der Waals surface area contributed by atoms with Crippen LogP contribution in [-0.4, -0.2) is 62.8 Å². The molecule has 0 bridgehead atoms. The molecule has 0 N–H and O–H groups in total. The largest absolute Gasteiger partial charge is 0.450 e. The first-order valence-corrected chi connectivity index (χ1v) is 8.59. The smallest absolute Gasteiger partial charge is 0.410 e. The molecule has 7 heteroatoms. The van der Waals surface area contributed by atoms with Crippen molar-refractivity contribution in [1.82, 2.24) is 4.90 Å². The quantitative estimate of drug-likeness (QED) is 0.766. The minimum atomic E-state index is -3.01. The van der Waals surface area contributed by atoms with Crippen LogP contribution < -0.4 is 0 Å². The number of rotatable bonds is 4. The zero-order valence-electron chi connectivity index (χ0n) is 11.2. The van der Waals surface area contributed by atoms with Crippen LogP contribution in [0.25, 0.3) is 0 Å². The van der Waals surface area contributed by atoms with Crippen molar-refractivity contribution in [1.29, 1.82) is 0 Å². The lowest BCUT2D eigenvalue weighted by atomic mass is 10.2. The molecule has 1 amide bonds. The van der Waals surface area contributed by atoms with E-state index < -0.39 is 15.9 Å². The molecule has 2 rings (SSSR count). The van der Waals surface area contributed by atoms with Crippen molar-refractivity contribution in [2.24, 2.45) is 0 Å². The molecule has 2 fully saturated rings. The van der Waals surface area contributed by atoms with E-state index in [2.05, 4.69) is 0 Å². The standard InChI is InChI=1S/C12H21NO5S/c1-2-17-12(14)13(8-11-4-3-6-18-11)10-5-7-19(15,16)9-10/h10-11H,2-9H2,1H3/t10-,11-/m1/s1. The van der Waals surface area contributed by atoms with Gasteiger partial charge in [-0.05, 0) is 26.2 Å². The van der Waals surface area contributed by atoms with Crippen molar-refractivity contribution in [3.8, 4) is 0 Å². The molecular weight excluding hydrogens is 270 g/mol. The predicted octanol–water partition coefficient (Wildman–Crippen LogP) is 0.811. The highest BCUT2D eigenvalue weighted by Gasteiger charge is 2.37. The summed E-state index contributed by atoms with van der Waals surface area (Å²) in [4.78, 5) is 13.5. The molecule has 0 aromatic rings. The van der Waals surface area contributed by atoms with E-state index in [9.17, 15) is 13.2 Å². The maximum atomic E-state index is 12.0. The maximum absolute atomic E-state index is 12.0. The first kappa shape index (κ1) is 14.6. The number of nitrogens with zero attached hydrogens (tertiary/aromatic N) is 1. The molecule has 0 aromatic carbocycles. The lowest BCUT2D eigenvalue weighted by Gasteiger charge is -2.29. The average Bonchev–Trinajstić information content (AvgIpc) is 2.95. The fourth-order valence-corrected chi connectivity index (χ4v) is 4.34. The second kappa shape index (κ2) is 6.09. The van der Waals surface area contributed by atoms with E-state index in [-0.39, 0.29) is 23.7 Å². The molecule has 0 unspecified atom stereocenters. The van der Waals surface area contributed by atoms with Crippen molar-refractivity contribution >= 4 is 15.9 Å². The summed E-state index contributed by atoms with van der Waals surface area (Å²) >= 11 is 0. The lowest BCUT2D eigenvalue weighted by Crippen LogP contribution is -2.45. The summed E-state index contributed by atoms with van der Waals surface area (Å²) in [7, 11) is -3.01. The van der Waals surface area contributed by atoms with Crippen LogP contribution in [0.2, 0.25) is 0 Å². The van der Waals surface area contributed by atoms with E-state index in [0.717, 1.165) is 12.8 Å². The van der Waals surface area contributed by atoms with Crippen LogP contribution in [0.15, 0.2) is 0 Å². The topological polar surface area (TPSA) is 72.9 Å². The van der Waals surface area contributed by atoms with E-state index in [1.807, 2.05) is 0 Å². The Balaban J connectivity index is 2.03. The van der Waals surface area contributed by atoms with Crippen molar-refractivity contribution in [3.63, 3.8) is 0 Å². The summed E-state index contributed by atoms with van der Waals surface area (Å²) in [5, 5.41) is 0. The summed E-state index contributed by atoms with van der Waals surface area (Å²) in [6, 6.07) is -0.270. The third-order valence-corrected chi connectivity index (χ3v) is 5.33. The Kier molecular flexibility index (Phi) is 4.67. The summed E-state index contributed by atoms with van der Waals surface area (Å²) in [6.07, 6.45) is 1.97. The Labute approximate surface area is 114 Å². The van der Waals surface area contributed by atoms with Gasteiger partial charge in [0.05, 0.1) is 36.8 Å². The van der Waals surface area contributed by atoms with Gasteiger partial charge in [0.1, 0.15) is 0 Å². The van der Waals surface area contributed by atoms with Crippen LogP contribution in [-0.2, 0) is 19.3 Å². The van der Waals surface area contributed by atoms with Crippen LogP contribution in [0, 0.1) is 0 Å². The Morgan fingerprint density at radius 1 is 1.42 bits per heavy atom. The molecule has 0 aromatic heterocycles. The number of hydrogen-bond acceptors (Lipinski definition) is 5. The lowest BCUT2D eigenvalue weighted by molar-refractivity contribution is 0.0463. The van der Waals surface area contributed by atoms with Crippen LogP contribution in [0.5, 0.6) is 0 Å². The van der Waals surface area contributed by atoms with Crippen molar-refractivity contribution < 1.29 is 22.7 Å². The van der Waals surface area contributed by atoms with E-state index in [4.69, 9.17) is 9.47 Å². The molecule has 0 aliphatic carbocycles. The first-order chi connectivity index (χ1) is 9.02. The summed E-state index contributed by atoms with van der Waals surface area (Å²) < 4.78 is 33.7. The molecule has 2 atom stereocenters. The Morgan fingerprint density at radius 2 is 2.21 bits per heavy atom. The number of amides is 1. The fourth-order valence-electron chi connectivity index (χ4n) is 2.61. The molecular formula is C12H21NO5S. The molecule has 2 aliphatic heterocycles. The van der Waals surface area contributed by atoms with Crippen molar-refractivity contribution in [3.05, 3.63) is 0 Å². The van der Waals surface area contributed by atoms with Gasteiger partial charge in [0, 0.05) is 6.61 Å². The van der Waals surface area contributed by atoms with Gasteiger partial charge in [-0.15, -0.1) is 0 Å². The number of carbonyl (C=O) groups is 1. The molecule has 2 heterocycles. The van der Waals surface area contributed by atoms with Gasteiger partial charge in [0.25, 0.3) is 0 Å². The van der Waals surface area contributed by atoms with E-state index in [0.29, 0.717) is 26.2 Å². The monoisotopic (exact) mass is 291 g/mol. The summed E-state index contributed by atoms with van der Waals surface area (Å²) in [6.45, 7) is 3.18. The van der Waals surface area contributed by atoms with E-state index >= 15 is 0 Å². The number of carbonyl (C=O) groups excluding carboxylic acids is 1. The third-order valence-electron chi connectivity index (χ3n) is 3.58. The zero-order valence-corrected chi connectivity index (χ0v) is 12.0. The second-order valence-electron chi connectivity index (χ2n) is 5.04. The average molecular weight is 291 g/mol. The van der Waals surface area contributed by atoms with Gasteiger partial charge in [-0.2, -0.15) is 0 Å². The van der Waals surface area contributed by atoms with Gasteiger partial charge in [0.15, 0.2) is 9.84 Å². The highest BCUT2D eigenvalue weighted by atomic mass is 32.2. The Hall–Kier alpha value is -0.820. The zero-order chi connectivity index (χ0) is 13.9. The van der Waals surface area contributed by atoms with Crippen LogP contribution in [0.3, 0.4) is 0 Å². The predicted molar refractivity (Wildman–Crippen MR) is 69.8 cm³/mol. The van der Waals surface area contributed by atoms with Gasteiger partial charge >= 0.3 is 6.09 Å². The first-order valence-electron chi connectivity index (χ1n) is 6.77. The second-order valence-corrected chi connectivity index (χ2v) is 7.27. The van der Waals surface area contributed by atoms with Gasteiger partial charge < -0.3 is 14.4 Å². The number of hydrogen-bond donors (Lipinski definition) is 0. The van der Waals surface area contributed by atoms with Gasteiger partial charge in [0.2, 0.25) is 0 Å². The highest BCUT2D eigenvalue weighted by Crippen LogP contribution is 2.22. The minimum Gasteiger partial charge on any atom is -0.450 e. The number of sulfone groups is 1. The SMILES string of the molecule is CCOC(=O)N(C[C@H]1CCCO1)[C@@H]1CCS(=O)(=O)C1. The van der Waals surface area contributed by atoms with Crippen molar-refractivity contribution in [2.75, 3.05) is 31.3 Å². The van der Waals surface area contributed by atoms with Gasteiger partial charge in [-0.3, -0.25) is 0 Å². The molecule has 0 saturated carbocycles. The maximum Gasteiger partial charge on any atom is 0.410 e. The summed E-state index contributed by atoms with van der Waals surface area (Å²) in [5.41, 5.74) is 0. The van der Waals surface area contributed by atoms with Crippen LogP contribution in [0.1, 0.15) is 26.2 Å². The molecule has 0 spiro atoms. The fraction of sp³-hybridized carbons (Fsp3) is 0.917. The molecule has 19 heavy (non-hydrogen) atoms. The summed E-state index contributed by atoms with van der Waals surface area (Å²) in [5.74, 6) is 0.192. The Morgan fingerprint density at radius 3 is 2.74 bits per heavy atom. The minimum absolute atomic E-state index is 0.00714. The van der Waals surface area contributed by atoms with Crippen LogP contribution in [0.4, 0.5) is 4.79 Å². The molecule has 110 valence electrons. The molecule has 2 aliphatic rings. The van der Waals surface area contributed by atoms with E-state index in [1.165, 1.54) is 0 Å². The molecule has 0 radical (unpaired) electrons. The normalized spacial score (nSPS) is 29.3. The number of ether oxygens (including phenoxy) is 2. The van der Waals surface area contributed by atoms with Crippen LogP contribution >= 0.6 is 0 Å². The Bertz CT molecular complexity index is 416. The highest BCUT2D eigenvalue weighted by molar-refractivity contribution is 7.91. The third kappa shape index (κ3) is 3.82. The molecule has 2 saturated heterocycles. The van der Waals surface area contributed by atoms with Gasteiger partial charge in [-0.1, -0.05) is 0 Å². The van der Waals surface area contributed by atoms with Crippen molar-refractivity contribution in [2.45, 2.75) is 38.3 Å².